The fraction of sp³-hybridized carbons (Fsp3) is 0.429. The summed E-state index contributed by atoms with van der Waals surface area (Å²) in [4.78, 5) is 23.6. The molecule has 0 spiro atoms. The van der Waals surface area contributed by atoms with Gasteiger partial charge in [-0.05, 0) is 48.9 Å². The second kappa shape index (κ2) is 7.85. The van der Waals surface area contributed by atoms with Gasteiger partial charge in [0.25, 0.3) is 5.91 Å². The minimum Gasteiger partial charge on any atom is -0.347 e. The minimum absolute atomic E-state index is 0.0464. The molecule has 2 fully saturated rings. The summed E-state index contributed by atoms with van der Waals surface area (Å²) in [5, 5.41) is 8.03. The molecular formula is C21H23ClN6O2. The van der Waals surface area contributed by atoms with Crippen LogP contribution in [-0.2, 0) is 13.6 Å². The van der Waals surface area contributed by atoms with E-state index in [1.807, 2.05) is 31.3 Å². The quantitative estimate of drug-likeness (QED) is 0.674. The zero-order valence-corrected chi connectivity index (χ0v) is 17.4. The number of nitrogens with zero attached hydrogens (tertiary/aromatic N) is 5. The van der Waals surface area contributed by atoms with Crippen LogP contribution in [0.15, 0.2) is 41.3 Å². The summed E-state index contributed by atoms with van der Waals surface area (Å²) in [6.07, 6.45) is 5.50. The van der Waals surface area contributed by atoms with Gasteiger partial charge in [0.15, 0.2) is 0 Å². The van der Waals surface area contributed by atoms with Gasteiger partial charge in [0.05, 0.1) is 19.1 Å². The molecule has 1 aromatic carbocycles. The van der Waals surface area contributed by atoms with Crippen LogP contribution in [0.2, 0.25) is 5.02 Å². The number of aryl methyl sites for hydroxylation is 1. The molecule has 1 aliphatic carbocycles. The number of benzene rings is 1. The summed E-state index contributed by atoms with van der Waals surface area (Å²) in [5.41, 5.74) is 1.48. The number of carbonyl (C=O) groups is 1. The lowest BCUT2D eigenvalue weighted by Gasteiger charge is -2.37. The summed E-state index contributed by atoms with van der Waals surface area (Å²) < 4.78 is 7.23. The highest BCUT2D eigenvalue weighted by Crippen LogP contribution is 2.37. The number of halogens is 1. The van der Waals surface area contributed by atoms with E-state index in [4.69, 9.17) is 16.1 Å². The van der Waals surface area contributed by atoms with Crippen molar-refractivity contribution in [2.24, 2.45) is 18.9 Å². The van der Waals surface area contributed by atoms with Crippen molar-refractivity contribution in [2.45, 2.75) is 25.4 Å². The Hall–Kier alpha value is -2.71. The molecule has 3 heterocycles. The van der Waals surface area contributed by atoms with Crippen LogP contribution < -0.4 is 5.32 Å². The van der Waals surface area contributed by atoms with E-state index in [-0.39, 0.29) is 11.9 Å². The molecule has 0 radical (unpaired) electrons. The van der Waals surface area contributed by atoms with Crippen LogP contribution in [0, 0.1) is 11.8 Å². The summed E-state index contributed by atoms with van der Waals surface area (Å²) in [6, 6.07) is 7.60. The smallest absolute Gasteiger partial charge is 0.269 e. The van der Waals surface area contributed by atoms with E-state index in [9.17, 15) is 4.79 Å². The molecule has 1 saturated carbocycles. The van der Waals surface area contributed by atoms with Gasteiger partial charge in [0.2, 0.25) is 11.7 Å². The molecular weight excluding hydrogens is 404 g/mol. The van der Waals surface area contributed by atoms with Crippen LogP contribution in [-0.4, -0.2) is 49.6 Å². The van der Waals surface area contributed by atoms with E-state index in [0.29, 0.717) is 40.8 Å². The second-order valence-electron chi connectivity index (χ2n) is 8.20. The third-order valence-corrected chi connectivity index (χ3v) is 6.44. The maximum absolute atomic E-state index is 12.6. The number of fused-ring (bicyclic) bond motifs is 2. The van der Waals surface area contributed by atoms with Crippen LogP contribution in [0.25, 0.3) is 11.4 Å². The summed E-state index contributed by atoms with van der Waals surface area (Å²) >= 11 is 5.94. The summed E-state index contributed by atoms with van der Waals surface area (Å²) in [6.45, 7) is 2.44. The topological polar surface area (TPSA) is 89.1 Å². The van der Waals surface area contributed by atoms with E-state index in [2.05, 4.69) is 25.3 Å². The fourth-order valence-corrected chi connectivity index (χ4v) is 4.84. The van der Waals surface area contributed by atoms with Crippen molar-refractivity contribution in [1.82, 2.24) is 29.9 Å². The Morgan fingerprint density at radius 3 is 2.63 bits per heavy atom. The molecule has 2 aliphatic rings. The first-order chi connectivity index (χ1) is 14.6. The van der Waals surface area contributed by atoms with Gasteiger partial charge in [-0.15, -0.1) is 0 Å². The summed E-state index contributed by atoms with van der Waals surface area (Å²) in [7, 11) is 1.84. The van der Waals surface area contributed by atoms with Gasteiger partial charge < -0.3 is 14.4 Å². The van der Waals surface area contributed by atoms with Crippen LogP contribution in [0.1, 0.15) is 29.2 Å². The van der Waals surface area contributed by atoms with Crippen molar-refractivity contribution >= 4 is 17.5 Å². The Morgan fingerprint density at radius 1 is 1.23 bits per heavy atom. The number of imidazole rings is 1. The van der Waals surface area contributed by atoms with E-state index in [0.717, 1.165) is 31.5 Å². The lowest BCUT2D eigenvalue weighted by atomic mass is 9.92. The monoisotopic (exact) mass is 426 g/mol. The highest BCUT2D eigenvalue weighted by atomic mass is 35.5. The molecule has 3 atom stereocenters. The van der Waals surface area contributed by atoms with Crippen molar-refractivity contribution < 1.29 is 9.32 Å². The number of piperidine rings is 1. The lowest BCUT2D eigenvalue weighted by molar-refractivity contribution is 0.0797. The Kier molecular flexibility index (Phi) is 5.04. The number of aromatic nitrogens is 4. The minimum atomic E-state index is -0.0464. The van der Waals surface area contributed by atoms with Crippen molar-refractivity contribution in [2.75, 3.05) is 13.1 Å². The first kappa shape index (κ1) is 19.3. The molecule has 8 nitrogen and oxygen atoms in total. The number of carbonyl (C=O) groups excluding carboxylic acids is 1. The van der Waals surface area contributed by atoms with Crippen molar-refractivity contribution in [3.63, 3.8) is 0 Å². The highest BCUT2D eigenvalue weighted by Gasteiger charge is 2.43. The number of likely N-dealkylation sites (tertiary alicyclic amines) is 1. The normalized spacial score (nSPS) is 23.6. The van der Waals surface area contributed by atoms with Gasteiger partial charge in [0.1, 0.15) is 5.69 Å². The Balaban J connectivity index is 1.22. The Bertz CT molecular complexity index is 1030. The van der Waals surface area contributed by atoms with Crippen LogP contribution in [0.5, 0.6) is 0 Å². The second-order valence-corrected chi connectivity index (χ2v) is 8.64. The molecule has 2 bridgehead atoms. The average molecular weight is 427 g/mol. The number of amides is 1. The van der Waals surface area contributed by atoms with Crippen molar-refractivity contribution in [3.05, 3.63) is 53.4 Å². The standard InChI is InChI=1S/C21H23ClN6O2/c1-27-12-23-8-17(27)21(29)25-19-14-2-3-15(19)10-28(9-14)11-18-24-20(26-30-18)13-4-6-16(22)7-5-13/h4-8,12,14-15,19H,2-3,9-11H2,1H3,(H,25,29)/t14-,15+,19?. The first-order valence-electron chi connectivity index (χ1n) is 10.1. The Morgan fingerprint density at radius 2 is 1.97 bits per heavy atom. The van der Waals surface area contributed by atoms with Gasteiger partial charge in [-0.2, -0.15) is 4.98 Å². The van der Waals surface area contributed by atoms with Gasteiger partial charge in [-0.1, -0.05) is 16.8 Å². The molecule has 30 heavy (non-hydrogen) atoms. The zero-order chi connectivity index (χ0) is 20.7. The maximum Gasteiger partial charge on any atom is 0.269 e. The van der Waals surface area contributed by atoms with Gasteiger partial charge >= 0.3 is 0 Å². The van der Waals surface area contributed by atoms with Crippen LogP contribution >= 0.6 is 11.6 Å². The SMILES string of the molecule is Cn1cncc1C(=O)NC1[C@@H]2CC[C@H]1CN(Cc1nc(-c3ccc(Cl)cc3)no1)C2. The largest absolute Gasteiger partial charge is 0.347 e. The molecule has 1 N–H and O–H groups in total. The van der Waals surface area contributed by atoms with Crippen LogP contribution in [0.4, 0.5) is 0 Å². The molecule has 1 amide bonds. The maximum atomic E-state index is 12.6. The molecule has 5 rings (SSSR count). The number of hydrogen-bond donors (Lipinski definition) is 1. The lowest BCUT2D eigenvalue weighted by Crippen LogP contribution is -2.52. The molecule has 1 unspecified atom stereocenters. The summed E-state index contributed by atoms with van der Waals surface area (Å²) in [5.74, 6) is 1.99. The first-order valence-corrected chi connectivity index (χ1v) is 10.5. The predicted octanol–water partition coefficient (Wildman–Crippen LogP) is 2.76. The number of rotatable bonds is 5. The fourth-order valence-electron chi connectivity index (χ4n) is 4.71. The number of hydrogen-bond acceptors (Lipinski definition) is 6. The molecule has 2 aromatic heterocycles. The van der Waals surface area contributed by atoms with Gasteiger partial charge in [-0.25, -0.2) is 4.98 Å². The molecule has 3 aromatic rings. The van der Waals surface area contributed by atoms with Crippen molar-refractivity contribution in [3.8, 4) is 11.4 Å². The van der Waals surface area contributed by atoms with Gasteiger partial charge in [0, 0.05) is 36.8 Å². The van der Waals surface area contributed by atoms with Crippen LogP contribution in [0.3, 0.4) is 0 Å². The molecule has 1 saturated heterocycles. The average Bonchev–Trinajstić information content (AvgIpc) is 3.42. The van der Waals surface area contributed by atoms with E-state index < -0.39 is 0 Å². The molecule has 9 heteroatoms. The van der Waals surface area contributed by atoms with Gasteiger partial charge in [-0.3, -0.25) is 9.69 Å². The Labute approximate surface area is 179 Å². The number of nitrogens with one attached hydrogen (secondary N) is 1. The van der Waals surface area contributed by atoms with E-state index in [1.54, 1.807) is 17.1 Å². The third-order valence-electron chi connectivity index (χ3n) is 6.19. The van der Waals surface area contributed by atoms with Crippen molar-refractivity contribution in [1.29, 1.82) is 0 Å². The molecule has 1 aliphatic heterocycles. The zero-order valence-electron chi connectivity index (χ0n) is 16.7. The molecule has 156 valence electrons. The van der Waals surface area contributed by atoms with E-state index in [1.165, 1.54) is 0 Å². The third kappa shape index (κ3) is 3.73. The van der Waals surface area contributed by atoms with E-state index >= 15 is 0 Å². The predicted molar refractivity (Wildman–Crippen MR) is 111 cm³/mol. The highest BCUT2D eigenvalue weighted by molar-refractivity contribution is 6.30.